The molecular formula is C23H24N2O3. The van der Waals surface area contributed by atoms with E-state index in [9.17, 15) is 0 Å². The molecule has 2 aromatic carbocycles. The number of methoxy groups -OCH3 is 3. The van der Waals surface area contributed by atoms with E-state index >= 15 is 0 Å². The zero-order chi connectivity index (χ0) is 19.5. The molecule has 28 heavy (non-hydrogen) atoms. The lowest BCUT2D eigenvalue weighted by Gasteiger charge is -2.34. The highest BCUT2D eigenvalue weighted by molar-refractivity contribution is 5.49. The molecule has 2 heterocycles. The summed E-state index contributed by atoms with van der Waals surface area (Å²) in [6.07, 6.45) is 4.60. The van der Waals surface area contributed by atoms with E-state index < -0.39 is 0 Å². The number of pyridine rings is 1. The van der Waals surface area contributed by atoms with Crippen LogP contribution >= 0.6 is 0 Å². The molecule has 1 aliphatic heterocycles. The van der Waals surface area contributed by atoms with Gasteiger partial charge in [0.15, 0.2) is 11.5 Å². The minimum Gasteiger partial charge on any atom is -0.497 e. The molecule has 5 nitrogen and oxygen atoms in total. The van der Waals surface area contributed by atoms with Crippen LogP contribution in [0.25, 0.3) is 0 Å². The molecule has 0 fully saturated rings. The van der Waals surface area contributed by atoms with Crippen LogP contribution in [0.5, 0.6) is 17.2 Å². The maximum atomic E-state index is 5.52. The Hall–Kier alpha value is -3.05. The van der Waals surface area contributed by atoms with Crippen molar-refractivity contribution in [3.05, 3.63) is 83.2 Å². The molecule has 0 spiro atoms. The minimum absolute atomic E-state index is 0.0275. The van der Waals surface area contributed by atoms with Gasteiger partial charge in [-0.05, 0) is 59.0 Å². The number of hydrogen-bond acceptors (Lipinski definition) is 5. The Morgan fingerprint density at radius 2 is 1.75 bits per heavy atom. The lowest BCUT2D eigenvalue weighted by molar-refractivity contribution is 0.353. The van der Waals surface area contributed by atoms with Crippen molar-refractivity contribution in [2.45, 2.75) is 18.5 Å². The fourth-order valence-corrected chi connectivity index (χ4v) is 3.84. The van der Waals surface area contributed by atoms with E-state index in [0.717, 1.165) is 29.2 Å². The lowest BCUT2D eigenvalue weighted by Crippen LogP contribution is -2.34. The Morgan fingerprint density at radius 1 is 0.893 bits per heavy atom. The first kappa shape index (κ1) is 18.3. The van der Waals surface area contributed by atoms with Gasteiger partial charge in [0.1, 0.15) is 5.75 Å². The number of benzene rings is 2. The van der Waals surface area contributed by atoms with Crippen molar-refractivity contribution in [2.24, 2.45) is 0 Å². The van der Waals surface area contributed by atoms with E-state index in [-0.39, 0.29) is 12.1 Å². The number of nitrogens with one attached hydrogen (secondary N) is 1. The Labute approximate surface area is 165 Å². The molecular weight excluding hydrogens is 352 g/mol. The molecule has 1 aliphatic rings. The van der Waals surface area contributed by atoms with Crippen LogP contribution in [0.1, 0.15) is 34.3 Å². The monoisotopic (exact) mass is 376 g/mol. The average molecular weight is 376 g/mol. The Morgan fingerprint density at radius 3 is 2.46 bits per heavy atom. The van der Waals surface area contributed by atoms with Gasteiger partial charge in [0.05, 0.1) is 27.4 Å². The highest BCUT2D eigenvalue weighted by Crippen LogP contribution is 2.39. The van der Waals surface area contributed by atoms with Gasteiger partial charge in [-0.1, -0.05) is 18.2 Å². The van der Waals surface area contributed by atoms with Crippen LogP contribution in [0.4, 0.5) is 0 Å². The molecule has 0 aliphatic carbocycles. The third-order valence-electron chi connectivity index (χ3n) is 5.28. The number of fused-ring (bicyclic) bond motifs is 1. The van der Waals surface area contributed by atoms with Crippen LogP contribution in [-0.4, -0.2) is 26.3 Å². The third kappa shape index (κ3) is 3.41. The second-order valence-electron chi connectivity index (χ2n) is 6.82. The molecule has 4 rings (SSSR count). The van der Waals surface area contributed by atoms with Gasteiger partial charge in [-0.2, -0.15) is 0 Å². The molecule has 2 atom stereocenters. The normalized spacial score (nSPS) is 18.2. The third-order valence-corrected chi connectivity index (χ3v) is 5.28. The second-order valence-corrected chi connectivity index (χ2v) is 6.82. The smallest absolute Gasteiger partial charge is 0.161 e. The van der Waals surface area contributed by atoms with Gasteiger partial charge in [-0.25, -0.2) is 0 Å². The maximum Gasteiger partial charge on any atom is 0.161 e. The van der Waals surface area contributed by atoms with E-state index in [0.29, 0.717) is 0 Å². The minimum atomic E-state index is 0.0275. The molecule has 144 valence electrons. The summed E-state index contributed by atoms with van der Waals surface area (Å²) in [5.74, 6) is 2.32. The van der Waals surface area contributed by atoms with Gasteiger partial charge in [0.2, 0.25) is 0 Å². The lowest BCUT2D eigenvalue weighted by atomic mass is 9.84. The van der Waals surface area contributed by atoms with E-state index in [1.807, 2.05) is 30.5 Å². The highest BCUT2D eigenvalue weighted by Gasteiger charge is 2.29. The second kappa shape index (κ2) is 7.90. The fraction of sp³-hybridized carbons (Fsp3) is 0.261. The Bertz CT molecular complexity index is 959. The molecule has 5 heteroatoms. The van der Waals surface area contributed by atoms with E-state index in [4.69, 9.17) is 14.2 Å². The summed E-state index contributed by atoms with van der Waals surface area (Å²) in [5, 5.41) is 3.79. The average Bonchev–Trinajstić information content (AvgIpc) is 2.77. The van der Waals surface area contributed by atoms with Gasteiger partial charge in [-0.15, -0.1) is 0 Å². The van der Waals surface area contributed by atoms with Gasteiger partial charge >= 0.3 is 0 Å². The standard InChI is InChI=1S/C23H24N2O3/c1-26-18-7-8-19-17(11-18)12-20(16-5-4-10-24-14-16)25-23(19)15-6-9-21(27-2)22(13-15)28-3/h4-11,13-14,20,23,25H,12H2,1-3H3/t20-,23-/m0/s1. The zero-order valence-corrected chi connectivity index (χ0v) is 16.3. The summed E-state index contributed by atoms with van der Waals surface area (Å²) in [4.78, 5) is 4.30. The quantitative estimate of drug-likeness (QED) is 0.727. The van der Waals surface area contributed by atoms with Crippen LogP contribution < -0.4 is 19.5 Å². The topological polar surface area (TPSA) is 52.6 Å². The van der Waals surface area contributed by atoms with Gasteiger partial charge in [0.25, 0.3) is 0 Å². The number of hydrogen-bond donors (Lipinski definition) is 1. The van der Waals surface area contributed by atoms with E-state index in [1.54, 1.807) is 27.5 Å². The van der Waals surface area contributed by atoms with Crippen molar-refractivity contribution < 1.29 is 14.2 Å². The fourth-order valence-electron chi connectivity index (χ4n) is 3.84. The summed E-state index contributed by atoms with van der Waals surface area (Å²) in [5.41, 5.74) is 4.80. The number of rotatable bonds is 5. The van der Waals surface area contributed by atoms with Crippen molar-refractivity contribution in [1.82, 2.24) is 10.3 Å². The maximum absolute atomic E-state index is 5.52. The Kier molecular flexibility index (Phi) is 5.17. The number of aromatic nitrogens is 1. The largest absolute Gasteiger partial charge is 0.497 e. The summed E-state index contributed by atoms with van der Waals surface area (Å²) in [7, 11) is 5.01. The molecule has 0 radical (unpaired) electrons. The first-order chi connectivity index (χ1) is 13.7. The van der Waals surface area contributed by atoms with Gasteiger partial charge in [0, 0.05) is 18.4 Å². The van der Waals surface area contributed by atoms with Crippen LogP contribution in [0.15, 0.2) is 60.9 Å². The van der Waals surface area contributed by atoms with Crippen LogP contribution in [-0.2, 0) is 6.42 Å². The first-order valence-corrected chi connectivity index (χ1v) is 9.28. The number of ether oxygens (including phenoxy) is 3. The predicted octanol–water partition coefficient (Wildman–Crippen LogP) is 4.08. The summed E-state index contributed by atoms with van der Waals surface area (Å²) < 4.78 is 16.4. The van der Waals surface area contributed by atoms with Crippen molar-refractivity contribution in [2.75, 3.05) is 21.3 Å². The van der Waals surface area contributed by atoms with E-state index in [1.165, 1.54) is 16.7 Å². The van der Waals surface area contributed by atoms with Crippen molar-refractivity contribution >= 4 is 0 Å². The van der Waals surface area contributed by atoms with Gasteiger partial charge in [-0.3, -0.25) is 10.3 Å². The predicted molar refractivity (Wildman–Crippen MR) is 108 cm³/mol. The van der Waals surface area contributed by atoms with Crippen molar-refractivity contribution in [1.29, 1.82) is 0 Å². The molecule has 1 aromatic heterocycles. The zero-order valence-electron chi connectivity index (χ0n) is 16.3. The van der Waals surface area contributed by atoms with Gasteiger partial charge < -0.3 is 14.2 Å². The summed E-state index contributed by atoms with van der Waals surface area (Å²) >= 11 is 0. The summed E-state index contributed by atoms with van der Waals surface area (Å²) in [6.45, 7) is 0. The molecule has 0 saturated heterocycles. The van der Waals surface area contributed by atoms with Crippen molar-refractivity contribution in [3.63, 3.8) is 0 Å². The molecule has 0 bridgehead atoms. The summed E-state index contributed by atoms with van der Waals surface area (Å²) in [6, 6.07) is 16.6. The SMILES string of the molecule is COc1ccc2c(c1)C[C@@H](c1cccnc1)N[C@H]2c1ccc(OC)c(OC)c1. The molecule has 3 aromatic rings. The number of nitrogens with zero attached hydrogens (tertiary/aromatic N) is 1. The molecule has 0 saturated carbocycles. The molecule has 1 N–H and O–H groups in total. The van der Waals surface area contributed by atoms with Crippen molar-refractivity contribution in [3.8, 4) is 17.2 Å². The first-order valence-electron chi connectivity index (χ1n) is 9.28. The molecule has 0 unspecified atom stereocenters. The Balaban J connectivity index is 1.79. The van der Waals surface area contributed by atoms with Crippen LogP contribution in [0, 0.1) is 0 Å². The van der Waals surface area contributed by atoms with Crippen LogP contribution in [0.3, 0.4) is 0 Å². The van der Waals surface area contributed by atoms with E-state index in [2.05, 4.69) is 34.6 Å². The molecule has 0 amide bonds. The van der Waals surface area contributed by atoms with Crippen LogP contribution in [0.2, 0.25) is 0 Å². The highest BCUT2D eigenvalue weighted by atomic mass is 16.5.